The molecule has 0 heterocycles. The maximum absolute atomic E-state index is 11.7. The first-order valence-corrected chi connectivity index (χ1v) is 5.82. The predicted octanol–water partition coefficient (Wildman–Crippen LogP) is 2.47. The molecule has 4 nitrogen and oxygen atoms in total. The molecule has 0 spiro atoms. The van der Waals surface area contributed by atoms with E-state index in [2.05, 4.69) is 11.8 Å². The molecule has 0 unspecified atom stereocenters. The van der Waals surface area contributed by atoms with Crippen LogP contribution in [0.25, 0.3) is 0 Å². The van der Waals surface area contributed by atoms with Crippen LogP contribution >= 0.6 is 0 Å². The fraction of sp³-hybridized carbons (Fsp3) is 0.333. The van der Waals surface area contributed by atoms with E-state index in [1.807, 2.05) is 0 Å². The van der Waals surface area contributed by atoms with Crippen molar-refractivity contribution in [2.75, 3.05) is 0 Å². The molecule has 100 valence electrons. The van der Waals surface area contributed by atoms with Crippen LogP contribution < -0.4 is 0 Å². The van der Waals surface area contributed by atoms with Crippen molar-refractivity contribution in [3.8, 4) is 11.8 Å². The standard InChI is InChI=1S/C15H16O4/c1-15(2,3)19-14(18)12-9-7-11(8-10-12)5-4-6-13(16)17/h7-10H,6H2,1-3H3,(H,16,17). The highest BCUT2D eigenvalue weighted by Gasteiger charge is 2.17. The first-order valence-electron chi connectivity index (χ1n) is 5.82. The third-order valence-electron chi connectivity index (χ3n) is 1.99. The topological polar surface area (TPSA) is 63.6 Å². The Balaban J connectivity index is 2.73. The third-order valence-corrected chi connectivity index (χ3v) is 1.99. The summed E-state index contributed by atoms with van der Waals surface area (Å²) in [6, 6.07) is 6.54. The minimum atomic E-state index is -0.960. The molecular formula is C15H16O4. The molecule has 1 N–H and O–H groups in total. The minimum Gasteiger partial charge on any atom is -0.481 e. The Kier molecular flexibility index (Phi) is 4.71. The number of carbonyl (C=O) groups excluding carboxylic acids is 1. The molecule has 0 fully saturated rings. The molecule has 0 aliphatic carbocycles. The summed E-state index contributed by atoms with van der Waals surface area (Å²) in [5, 5.41) is 8.45. The van der Waals surface area contributed by atoms with Gasteiger partial charge in [0, 0.05) is 5.56 Å². The lowest BCUT2D eigenvalue weighted by molar-refractivity contribution is -0.135. The second kappa shape index (κ2) is 6.05. The van der Waals surface area contributed by atoms with Crippen LogP contribution in [-0.4, -0.2) is 22.6 Å². The van der Waals surface area contributed by atoms with Crippen LogP contribution in [0.2, 0.25) is 0 Å². The van der Waals surface area contributed by atoms with Gasteiger partial charge in [0.25, 0.3) is 0 Å². The number of hydrogen-bond donors (Lipinski definition) is 1. The average Bonchev–Trinajstić information content (AvgIpc) is 2.27. The van der Waals surface area contributed by atoms with Crippen molar-refractivity contribution in [3.63, 3.8) is 0 Å². The second-order valence-corrected chi connectivity index (χ2v) is 4.95. The fourth-order valence-corrected chi connectivity index (χ4v) is 1.25. The van der Waals surface area contributed by atoms with Crippen molar-refractivity contribution in [1.82, 2.24) is 0 Å². The van der Waals surface area contributed by atoms with Crippen molar-refractivity contribution in [2.24, 2.45) is 0 Å². The molecule has 0 aliphatic heterocycles. The van der Waals surface area contributed by atoms with E-state index in [1.54, 1.807) is 45.0 Å². The molecule has 1 aromatic rings. The van der Waals surface area contributed by atoms with Gasteiger partial charge in [0.05, 0.1) is 5.56 Å². The Morgan fingerprint density at radius 2 is 1.79 bits per heavy atom. The van der Waals surface area contributed by atoms with Crippen LogP contribution in [0, 0.1) is 11.8 Å². The number of hydrogen-bond acceptors (Lipinski definition) is 3. The number of carboxylic acid groups (broad SMARTS) is 1. The van der Waals surface area contributed by atoms with Gasteiger partial charge in [-0.3, -0.25) is 4.79 Å². The Labute approximate surface area is 112 Å². The molecule has 4 heteroatoms. The summed E-state index contributed by atoms with van der Waals surface area (Å²) in [5.41, 5.74) is 0.573. The fourth-order valence-electron chi connectivity index (χ4n) is 1.25. The van der Waals surface area contributed by atoms with Crippen molar-refractivity contribution < 1.29 is 19.4 Å². The zero-order valence-corrected chi connectivity index (χ0v) is 11.2. The number of esters is 1. The van der Waals surface area contributed by atoms with Crippen LogP contribution in [0.4, 0.5) is 0 Å². The van der Waals surface area contributed by atoms with E-state index in [-0.39, 0.29) is 6.42 Å². The smallest absolute Gasteiger partial charge is 0.338 e. The highest BCUT2D eigenvalue weighted by atomic mass is 16.6. The monoisotopic (exact) mass is 260 g/mol. The van der Waals surface area contributed by atoms with E-state index in [0.29, 0.717) is 11.1 Å². The van der Waals surface area contributed by atoms with Gasteiger partial charge in [0.2, 0.25) is 0 Å². The lowest BCUT2D eigenvalue weighted by Crippen LogP contribution is -2.23. The normalized spacial score (nSPS) is 10.3. The summed E-state index contributed by atoms with van der Waals surface area (Å²) in [7, 11) is 0. The van der Waals surface area contributed by atoms with Crippen LogP contribution in [0.1, 0.15) is 43.1 Å². The molecule has 0 bridgehead atoms. The zero-order valence-electron chi connectivity index (χ0n) is 11.2. The first kappa shape index (κ1) is 14.8. The number of aliphatic carboxylic acids is 1. The molecule has 0 saturated heterocycles. The van der Waals surface area contributed by atoms with Crippen molar-refractivity contribution in [2.45, 2.75) is 32.8 Å². The summed E-state index contributed by atoms with van der Waals surface area (Å²) in [5.74, 6) is 3.88. The second-order valence-electron chi connectivity index (χ2n) is 4.95. The van der Waals surface area contributed by atoms with Gasteiger partial charge < -0.3 is 9.84 Å². The van der Waals surface area contributed by atoms with Crippen molar-refractivity contribution >= 4 is 11.9 Å². The van der Waals surface area contributed by atoms with Gasteiger partial charge in [-0.15, -0.1) is 0 Å². The third kappa shape index (κ3) is 5.73. The highest BCUT2D eigenvalue weighted by Crippen LogP contribution is 2.12. The van der Waals surface area contributed by atoms with Crippen molar-refractivity contribution in [1.29, 1.82) is 0 Å². The molecule has 0 aliphatic rings. The Morgan fingerprint density at radius 1 is 1.21 bits per heavy atom. The molecular weight excluding hydrogens is 244 g/mol. The van der Waals surface area contributed by atoms with Gasteiger partial charge in [-0.05, 0) is 45.0 Å². The van der Waals surface area contributed by atoms with Gasteiger partial charge in [0.15, 0.2) is 0 Å². The van der Waals surface area contributed by atoms with Gasteiger partial charge in [-0.2, -0.15) is 0 Å². The van der Waals surface area contributed by atoms with E-state index in [0.717, 1.165) is 0 Å². The minimum absolute atomic E-state index is 0.201. The molecule has 0 aromatic heterocycles. The largest absolute Gasteiger partial charge is 0.481 e. The summed E-state index contributed by atoms with van der Waals surface area (Å²) in [4.78, 5) is 22.0. The lowest BCUT2D eigenvalue weighted by Gasteiger charge is -2.19. The van der Waals surface area contributed by atoms with Gasteiger partial charge >= 0.3 is 11.9 Å². The highest BCUT2D eigenvalue weighted by molar-refractivity contribution is 5.89. The number of carbonyl (C=O) groups is 2. The van der Waals surface area contributed by atoms with Crippen LogP contribution in [-0.2, 0) is 9.53 Å². The van der Waals surface area contributed by atoms with Crippen LogP contribution in [0.3, 0.4) is 0 Å². The van der Waals surface area contributed by atoms with Gasteiger partial charge in [-0.25, -0.2) is 4.79 Å². The molecule has 1 aromatic carbocycles. The molecule has 0 amide bonds. The summed E-state index contributed by atoms with van der Waals surface area (Å²) in [6.07, 6.45) is -0.201. The Morgan fingerprint density at radius 3 is 2.26 bits per heavy atom. The summed E-state index contributed by atoms with van der Waals surface area (Å²) >= 11 is 0. The SMILES string of the molecule is CC(C)(C)OC(=O)c1ccc(C#CCC(=O)O)cc1. The molecule has 0 saturated carbocycles. The maximum atomic E-state index is 11.7. The summed E-state index contributed by atoms with van der Waals surface area (Å²) in [6.45, 7) is 5.41. The Bertz CT molecular complexity index is 524. The van der Waals surface area contributed by atoms with E-state index < -0.39 is 17.5 Å². The summed E-state index contributed by atoms with van der Waals surface area (Å²) < 4.78 is 5.22. The van der Waals surface area contributed by atoms with E-state index in [1.165, 1.54) is 0 Å². The molecule has 1 rings (SSSR count). The van der Waals surface area contributed by atoms with Gasteiger partial charge in [-0.1, -0.05) is 11.8 Å². The lowest BCUT2D eigenvalue weighted by atomic mass is 10.1. The quantitative estimate of drug-likeness (QED) is 0.655. The maximum Gasteiger partial charge on any atom is 0.338 e. The number of rotatable bonds is 2. The number of ether oxygens (including phenoxy) is 1. The van der Waals surface area contributed by atoms with E-state index >= 15 is 0 Å². The average molecular weight is 260 g/mol. The molecule has 19 heavy (non-hydrogen) atoms. The molecule has 0 radical (unpaired) electrons. The van der Waals surface area contributed by atoms with E-state index in [4.69, 9.17) is 9.84 Å². The van der Waals surface area contributed by atoms with Crippen LogP contribution in [0.15, 0.2) is 24.3 Å². The molecule has 0 atom stereocenters. The van der Waals surface area contributed by atoms with Crippen molar-refractivity contribution in [3.05, 3.63) is 35.4 Å². The van der Waals surface area contributed by atoms with Crippen LogP contribution in [0.5, 0.6) is 0 Å². The van der Waals surface area contributed by atoms with E-state index in [9.17, 15) is 9.59 Å². The Hall–Kier alpha value is -2.28. The predicted molar refractivity (Wildman–Crippen MR) is 70.7 cm³/mol. The van der Waals surface area contributed by atoms with Gasteiger partial charge in [0.1, 0.15) is 12.0 Å². The zero-order chi connectivity index (χ0) is 14.5. The first-order chi connectivity index (χ1) is 8.78. The number of benzene rings is 1. The number of carboxylic acids is 1.